The minimum Gasteiger partial charge on any atom is -0.341 e. The number of aryl methyl sites for hydroxylation is 1. The lowest BCUT2D eigenvalue weighted by molar-refractivity contribution is -0.137. The molecule has 0 saturated heterocycles. The molecule has 0 saturated carbocycles. The first-order valence-corrected chi connectivity index (χ1v) is 12.0. The van der Waals surface area contributed by atoms with Gasteiger partial charge < -0.3 is 15.2 Å². The average Bonchev–Trinajstić information content (AvgIpc) is 3.22. The van der Waals surface area contributed by atoms with Gasteiger partial charge in [-0.3, -0.25) is 14.4 Å². The second kappa shape index (κ2) is 9.91. The van der Waals surface area contributed by atoms with E-state index in [4.69, 9.17) is 11.6 Å². The fourth-order valence-electron chi connectivity index (χ4n) is 4.48. The summed E-state index contributed by atoms with van der Waals surface area (Å²) in [5.41, 5.74) is -1.32. The summed E-state index contributed by atoms with van der Waals surface area (Å²) in [7, 11) is 1.54. The Kier molecular flexibility index (Phi) is 6.70. The van der Waals surface area contributed by atoms with Crippen LogP contribution in [0, 0.1) is 11.6 Å². The SMILES string of the molecule is Cn1ccc(-c2cc(NC(=O)c3cc(F)cc(C(F)(F)F)c3)c3c(c2)C(=O)N[C@H]3c2cc(F)ccc2Cl)cc1=O. The molecule has 1 aliphatic rings. The van der Waals surface area contributed by atoms with Crippen LogP contribution in [0.15, 0.2) is 71.7 Å². The molecule has 1 aromatic heterocycles. The number of alkyl halides is 3. The Bertz CT molecular complexity index is 1770. The molecule has 0 fully saturated rings. The molecule has 2 amide bonds. The van der Waals surface area contributed by atoms with E-state index in [0.717, 1.165) is 12.1 Å². The maximum absolute atomic E-state index is 14.1. The highest BCUT2D eigenvalue weighted by Gasteiger charge is 2.36. The zero-order valence-electron chi connectivity index (χ0n) is 20.4. The number of benzene rings is 3. The largest absolute Gasteiger partial charge is 0.416 e. The Hall–Kier alpha value is -4.51. The third-order valence-electron chi connectivity index (χ3n) is 6.43. The summed E-state index contributed by atoms with van der Waals surface area (Å²) < 4.78 is 69.3. The Morgan fingerprint density at radius 2 is 1.70 bits per heavy atom. The van der Waals surface area contributed by atoms with Crippen molar-refractivity contribution in [3.05, 3.63) is 122 Å². The molecule has 3 aromatic carbocycles. The smallest absolute Gasteiger partial charge is 0.341 e. The van der Waals surface area contributed by atoms with Gasteiger partial charge in [0.1, 0.15) is 11.6 Å². The van der Waals surface area contributed by atoms with E-state index in [1.54, 1.807) is 6.07 Å². The van der Waals surface area contributed by atoms with Crippen molar-refractivity contribution in [2.24, 2.45) is 7.05 Å². The normalized spacial score (nSPS) is 14.6. The maximum atomic E-state index is 14.1. The standard InChI is InChI=1S/C28H17ClF5N3O3/c1-37-5-4-13(10-23(37)38)14-8-20-24(25(36-27(20)40)19-12-17(30)2-3-21(19)29)22(9-14)35-26(39)15-6-16(28(32,33)34)11-18(31)7-15/h2-12,25H,1H3,(H,35,39)(H,36,40)/t25-/m0/s1. The Morgan fingerprint density at radius 1 is 0.950 bits per heavy atom. The minimum atomic E-state index is -4.91. The van der Waals surface area contributed by atoms with Crippen molar-refractivity contribution in [1.82, 2.24) is 9.88 Å². The first-order valence-electron chi connectivity index (χ1n) is 11.6. The summed E-state index contributed by atoms with van der Waals surface area (Å²) in [6.07, 6.45) is -3.42. The third-order valence-corrected chi connectivity index (χ3v) is 6.78. The number of anilines is 1. The van der Waals surface area contributed by atoms with Crippen molar-refractivity contribution in [3.63, 3.8) is 0 Å². The highest BCUT2D eigenvalue weighted by atomic mass is 35.5. The van der Waals surface area contributed by atoms with E-state index in [0.29, 0.717) is 23.3 Å². The number of rotatable bonds is 4. The van der Waals surface area contributed by atoms with Gasteiger partial charge in [0.25, 0.3) is 17.4 Å². The molecule has 12 heteroatoms. The lowest BCUT2D eigenvalue weighted by atomic mass is 9.92. The highest BCUT2D eigenvalue weighted by molar-refractivity contribution is 6.31. The molecule has 4 aromatic rings. The van der Waals surface area contributed by atoms with Crippen molar-refractivity contribution in [2.45, 2.75) is 12.2 Å². The number of nitrogens with zero attached hydrogens (tertiary/aromatic N) is 1. The summed E-state index contributed by atoms with van der Waals surface area (Å²) in [5, 5.41) is 5.25. The predicted octanol–water partition coefficient (Wildman–Crippen LogP) is 6.09. The summed E-state index contributed by atoms with van der Waals surface area (Å²) in [6, 6.07) is 9.61. The number of halogens is 6. The Balaban J connectivity index is 1.68. The molecule has 0 spiro atoms. The van der Waals surface area contributed by atoms with Gasteiger partial charge in [-0.25, -0.2) is 8.78 Å². The van der Waals surface area contributed by atoms with Crippen LogP contribution in [0.5, 0.6) is 0 Å². The first kappa shape index (κ1) is 27.1. The third kappa shape index (κ3) is 5.07. The van der Waals surface area contributed by atoms with Crippen molar-refractivity contribution in [2.75, 3.05) is 5.32 Å². The lowest BCUT2D eigenvalue weighted by Crippen LogP contribution is -2.21. The maximum Gasteiger partial charge on any atom is 0.416 e. The van der Waals surface area contributed by atoms with Crippen molar-refractivity contribution >= 4 is 29.1 Å². The van der Waals surface area contributed by atoms with Crippen LogP contribution >= 0.6 is 11.6 Å². The van der Waals surface area contributed by atoms with Crippen LogP contribution in [0.1, 0.15) is 43.4 Å². The molecule has 2 N–H and O–H groups in total. The zero-order valence-corrected chi connectivity index (χ0v) is 21.1. The number of pyridine rings is 1. The Morgan fingerprint density at radius 3 is 2.40 bits per heavy atom. The molecule has 0 unspecified atom stereocenters. The van der Waals surface area contributed by atoms with Gasteiger partial charge in [0.2, 0.25) is 0 Å². The van der Waals surface area contributed by atoms with Crippen molar-refractivity contribution in [1.29, 1.82) is 0 Å². The predicted molar refractivity (Wildman–Crippen MR) is 137 cm³/mol. The number of carbonyl (C=O) groups is 2. The number of hydrogen-bond acceptors (Lipinski definition) is 3. The molecule has 1 atom stereocenters. The van der Waals surface area contributed by atoms with Crippen LogP contribution in [-0.4, -0.2) is 16.4 Å². The first-order chi connectivity index (χ1) is 18.8. The van der Waals surface area contributed by atoms with E-state index in [1.165, 1.54) is 42.1 Å². The van der Waals surface area contributed by atoms with Gasteiger partial charge in [-0.2, -0.15) is 13.2 Å². The highest BCUT2D eigenvalue weighted by Crippen LogP contribution is 2.42. The number of carbonyl (C=O) groups excluding carboxylic acids is 2. The molecule has 0 aliphatic carbocycles. The minimum absolute atomic E-state index is 0.0420. The van der Waals surface area contributed by atoms with Gasteiger partial charge in [-0.1, -0.05) is 11.6 Å². The summed E-state index contributed by atoms with van der Waals surface area (Å²) in [6.45, 7) is 0. The van der Waals surface area contributed by atoms with Crippen LogP contribution in [0.3, 0.4) is 0 Å². The molecular formula is C28H17ClF5N3O3. The van der Waals surface area contributed by atoms with Crippen LogP contribution in [0.25, 0.3) is 11.1 Å². The fraction of sp³-hybridized carbons (Fsp3) is 0.107. The summed E-state index contributed by atoms with van der Waals surface area (Å²) in [5.74, 6) is -3.63. The van der Waals surface area contributed by atoms with Crippen LogP contribution < -0.4 is 16.2 Å². The number of amides is 2. The van der Waals surface area contributed by atoms with Crippen LogP contribution in [0.2, 0.25) is 5.02 Å². The van der Waals surface area contributed by atoms with E-state index in [1.807, 2.05) is 0 Å². The second-order valence-corrected chi connectivity index (χ2v) is 9.51. The molecule has 1 aliphatic heterocycles. The van der Waals surface area contributed by atoms with E-state index in [-0.39, 0.29) is 39.0 Å². The van der Waals surface area contributed by atoms with E-state index in [9.17, 15) is 36.3 Å². The topological polar surface area (TPSA) is 80.2 Å². The summed E-state index contributed by atoms with van der Waals surface area (Å²) in [4.78, 5) is 38.5. The monoisotopic (exact) mass is 573 g/mol. The van der Waals surface area contributed by atoms with E-state index >= 15 is 0 Å². The zero-order chi connectivity index (χ0) is 28.9. The average molecular weight is 574 g/mol. The molecule has 5 rings (SSSR count). The van der Waals surface area contributed by atoms with Crippen LogP contribution in [-0.2, 0) is 13.2 Å². The fourth-order valence-corrected chi connectivity index (χ4v) is 4.71. The van der Waals surface area contributed by atoms with E-state index in [2.05, 4.69) is 10.6 Å². The number of nitrogens with one attached hydrogen (secondary N) is 2. The molecular weight excluding hydrogens is 557 g/mol. The number of aromatic nitrogens is 1. The van der Waals surface area contributed by atoms with Gasteiger partial charge in [-0.15, -0.1) is 0 Å². The van der Waals surface area contributed by atoms with Gasteiger partial charge in [-0.05, 0) is 65.7 Å². The Labute approximate surface area is 228 Å². The van der Waals surface area contributed by atoms with Gasteiger partial charge >= 0.3 is 6.18 Å². The van der Waals surface area contributed by atoms with Crippen molar-refractivity contribution < 1.29 is 31.5 Å². The molecule has 204 valence electrons. The second-order valence-electron chi connectivity index (χ2n) is 9.10. The quantitative estimate of drug-likeness (QED) is 0.290. The van der Waals surface area contributed by atoms with Crippen LogP contribution in [0.4, 0.5) is 27.6 Å². The van der Waals surface area contributed by atoms with E-state index < -0.39 is 46.8 Å². The lowest BCUT2D eigenvalue weighted by Gasteiger charge is -2.19. The number of hydrogen-bond donors (Lipinski definition) is 2. The van der Waals surface area contributed by atoms with Gasteiger partial charge in [0, 0.05) is 52.3 Å². The summed E-state index contributed by atoms with van der Waals surface area (Å²) >= 11 is 6.29. The van der Waals surface area contributed by atoms with Gasteiger partial charge in [0.15, 0.2) is 0 Å². The molecule has 2 heterocycles. The van der Waals surface area contributed by atoms with Gasteiger partial charge in [0.05, 0.1) is 11.6 Å². The van der Waals surface area contributed by atoms with Crippen molar-refractivity contribution in [3.8, 4) is 11.1 Å². The molecule has 0 radical (unpaired) electrons. The molecule has 40 heavy (non-hydrogen) atoms. The molecule has 0 bridgehead atoms. The number of fused-ring (bicyclic) bond motifs is 1. The molecule has 6 nitrogen and oxygen atoms in total.